The van der Waals surface area contributed by atoms with Gasteiger partial charge in [-0.15, -0.1) is 4.73 Å². The summed E-state index contributed by atoms with van der Waals surface area (Å²) in [6, 6.07) is 10.8. The molecule has 3 unspecified atom stereocenters. The van der Waals surface area contributed by atoms with E-state index in [1.54, 1.807) is 0 Å². The number of rotatable bonds is 12. The third-order valence-electron chi connectivity index (χ3n) is 7.98. The van der Waals surface area contributed by atoms with Gasteiger partial charge in [0.15, 0.2) is 0 Å². The minimum atomic E-state index is -0.761. The van der Waals surface area contributed by atoms with Crippen molar-refractivity contribution in [1.29, 1.82) is 0 Å². The second-order valence-electron chi connectivity index (χ2n) is 10.8. The molecule has 0 fully saturated rings. The number of unbranched alkanes of at least 4 members (excludes halogenated alkanes) is 2. The second-order valence-corrected chi connectivity index (χ2v) is 11.6. The minimum Gasteiger partial charge on any atom is -0.492 e. The van der Waals surface area contributed by atoms with Crippen LogP contribution < -0.4 is 10.2 Å². The van der Waals surface area contributed by atoms with Crippen LogP contribution in [0.3, 0.4) is 0 Å². The number of carbonyl (C=O) groups excluding carboxylic acids is 3. The fourth-order valence-electron chi connectivity index (χ4n) is 5.70. The normalized spacial score (nSPS) is 19.7. The standard InChI is InChI=1S/C31H37Cl2N3O6/c1-35(26-13-11-21(22-7-4-5-8-23(22)26)20-10-12-24(32)25(33)19-20)28(38)9-3-2-6-18-34-27(37)14-17-31(41)42-36-29(39)15-16-30(36)40/h4-5,7-8,12,15-16,19-21,26,39-40H,2-3,6,9-11,13-14,17-18H2,1H3,(H,34,37). The summed E-state index contributed by atoms with van der Waals surface area (Å²) < 4.78 is 0.586. The molecule has 2 amide bonds. The molecule has 0 bridgehead atoms. The molecule has 1 aromatic heterocycles. The van der Waals surface area contributed by atoms with Gasteiger partial charge in [0.25, 0.3) is 0 Å². The summed E-state index contributed by atoms with van der Waals surface area (Å²) in [5.41, 5.74) is 2.47. The van der Waals surface area contributed by atoms with E-state index in [4.69, 9.17) is 28.0 Å². The van der Waals surface area contributed by atoms with E-state index in [1.165, 1.54) is 23.3 Å². The monoisotopic (exact) mass is 617 g/mol. The molecule has 1 heterocycles. The number of aromatic nitrogens is 1. The summed E-state index contributed by atoms with van der Waals surface area (Å²) in [7, 11) is 1.88. The number of allylic oxidation sites excluding steroid dienone is 4. The van der Waals surface area contributed by atoms with Crippen molar-refractivity contribution in [1.82, 2.24) is 14.9 Å². The average molecular weight is 619 g/mol. The van der Waals surface area contributed by atoms with Crippen molar-refractivity contribution in [3.8, 4) is 11.8 Å². The van der Waals surface area contributed by atoms with Crippen LogP contribution in [0.25, 0.3) is 0 Å². The Morgan fingerprint density at radius 2 is 1.67 bits per heavy atom. The Balaban J connectivity index is 1.16. The molecule has 42 heavy (non-hydrogen) atoms. The maximum absolute atomic E-state index is 13.1. The number of fused-ring (bicyclic) bond motifs is 1. The first-order valence-electron chi connectivity index (χ1n) is 14.3. The zero-order valence-electron chi connectivity index (χ0n) is 23.6. The number of carbonyl (C=O) groups is 3. The van der Waals surface area contributed by atoms with Crippen molar-refractivity contribution in [3.63, 3.8) is 0 Å². The van der Waals surface area contributed by atoms with Gasteiger partial charge >= 0.3 is 5.97 Å². The lowest BCUT2D eigenvalue weighted by Gasteiger charge is -2.39. The third kappa shape index (κ3) is 7.89. The largest absolute Gasteiger partial charge is 0.492 e. The van der Waals surface area contributed by atoms with E-state index in [9.17, 15) is 24.6 Å². The number of halogens is 2. The lowest BCUT2D eigenvalue weighted by molar-refractivity contribution is -0.146. The molecular formula is C31H37Cl2N3O6. The molecule has 11 heteroatoms. The highest BCUT2D eigenvalue weighted by Crippen LogP contribution is 2.47. The quantitative estimate of drug-likeness (QED) is 0.264. The predicted octanol–water partition coefficient (Wildman–Crippen LogP) is 5.65. The summed E-state index contributed by atoms with van der Waals surface area (Å²) in [4.78, 5) is 43.7. The Morgan fingerprint density at radius 1 is 0.952 bits per heavy atom. The zero-order chi connectivity index (χ0) is 30.2. The first kappa shape index (κ1) is 31.5. The van der Waals surface area contributed by atoms with Crippen molar-refractivity contribution in [2.45, 2.75) is 69.7 Å². The number of hydrogen-bond donors (Lipinski definition) is 3. The zero-order valence-corrected chi connectivity index (χ0v) is 25.1. The second kappa shape index (κ2) is 14.6. The van der Waals surface area contributed by atoms with Gasteiger partial charge in [0, 0.05) is 38.6 Å². The topological polar surface area (TPSA) is 121 Å². The van der Waals surface area contributed by atoms with Crippen LogP contribution in [0.2, 0.25) is 0 Å². The van der Waals surface area contributed by atoms with Crippen molar-refractivity contribution >= 4 is 41.0 Å². The number of nitrogens with one attached hydrogen (secondary N) is 1. The smallest absolute Gasteiger partial charge is 0.333 e. The molecule has 226 valence electrons. The van der Waals surface area contributed by atoms with Crippen LogP contribution in [0, 0.1) is 5.92 Å². The lowest BCUT2D eigenvalue weighted by Crippen LogP contribution is -2.35. The Bertz CT molecular complexity index is 1330. The Hall–Kier alpha value is -3.43. The number of amides is 2. The molecule has 0 saturated heterocycles. The van der Waals surface area contributed by atoms with Crippen LogP contribution in [0.5, 0.6) is 11.8 Å². The summed E-state index contributed by atoms with van der Waals surface area (Å²) in [5.74, 6) is -1.19. The van der Waals surface area contributed by atoms with E-state index in [2.05, 4.69) is 29.6 Å². The van der Waals surface area contributed by atoms with E-state index in [1.807, 2.05) is 24.1 Å². The molecule has 2 aromatic rings. The predicted molar refractivity (Wildman–Crippen MR) is 160 cm³/mol. The van der Waals surface area contributed by atoms with Crippen LogP contribution >= 0.6 is 23.2 Å². The Kier molecular flexibility index (Phi) is 11.0. The fraction of sp³-hybridized carbons (Fsp3) is 0.452. The summed E-state index contributed by atoms with van der Waals surface area (Å²) in [6.07, 6.45) is 9.12. The van der Waals surface area contributed by atoms with E-state index < -0.39 is 17.7 Å². The van der Waals surface area contributed by atoms with Gasteiger partial charge in [0.2, 0.25) is 23.6 Å². The van der Waals surface area contributed by atoms with Gasteiger partial charge < -0.3 is 25.3 Å². The van der Waals surface area contributed by atoms with E-state index in [-0.39, 0.29) is 36.6 Å². The first-order valence-corrected chi connectivity index (χ1v) is 15.1. The van der Waals surface area contributed by atoms with Gasteiger partial charge in [-0.3, -0.25) is 9.59 Å². The molecule has 2 aliphatic rings. The third-order valence-corrected chi connectivity index (χ3v) is 8.76. The van der Waals surface area contributed by atoms with Crippen LogP contribution in [-0.2, 0) is 14.4 Å². The van der Waals surface area contributed by atoms with Crippen molar-refractivity contribution < 1.29 is 29.4 Å². The molecule has 9 nitrogen and oxygen atoms in total. The van der Waals surface area contributed by atoms with Crippen LogP contribution in [0.15, 0.2) is 58.6 Å². The average Bonchev–Trinajstić information content (AvgIpc) is 3.30. The molecule has 0 aliphatic heterocycles. The van der Waals surface area contributed by atoms with Crippen LogP contribution in [-0.4, -0.2) is 51.2 Å². The van der Waals surface area contributed by atoms with Crippen molar-refractivity contribution in [3.05, 3.63) is 69.7 Å². The van der Waals surface area contributed by atoms with E-state index >= 15 is 0 Å². The lowest BCUT2D eigenvalue weighted by atomic mass is 9.72. The van der Waals surface area contributed by atoms with Crippen molar-refractivity contribution in [2.75, 3.05) is 13.6 Å². The molecular weight excluding hydrogens is 581 g/mol. The summed E-state index contributed by atoms with van der Waals surface area (Å²) >= 11 is 12.5. The van der Waals surface area contributed by atoms with Crippen LogP contribution in [0.1, 0.15) is 80.9 Å². The van der Waals surface area contributed by atoms with Gasteiger partial charge in [-0.1, -0.05) is 66.0 Å². The molecule has 4 rings (SSSR count). The highest BCUT2D eigenvalue weighted by molar-refractivity contribution is 6.44. The highest BCUT2D eigenvalue weighted by atomic mass is 35.5. The number of nitrogens with zero attached hydrogens (tertiary/aromatic N) is 2. The molecule has 0 saturated carbocycles. The van der Waals surface area contributed by atoms with Crippen LogP contribution in [0.4, 0.5) is 0 Å². The maximum Gasteiger partial charge on any atom is 0.333 e. The van der Waals surface area contributed by atoms with E-state index in [0.29, 0.717) is 46.5 Å². The summed E-state index contributed by atoms with van der Waals surface area (Å²) in [6.45, 7) is 0.439. The Morgan fingerprint density at radius 3 is 2.38 bits per heavy atom. The molecule has 3 N–H and O–H groups in total. The van der Waals surface area contributed by atoms with Gasteiger partial charge in [-0.05, 0) is 55.1 Å². The molecule has 1 aromatic carbocycles. The van der Waals surface area contributed by atoms with Gasteiger partial charge in [-0.2, -0.15) is 0 Å². The molecule has 0 radical (unpaired) electrons. The first-order chi connectivity index (χ1) is 20.2. The number of aromatic hydroxyl groups is 2. The SMILES string of the molecule is CN(C(=O)CCCCCNC(=O)CCC(=O)On1c(O)ccc1O)C1CCC(C2C=C(Cl)C(Cl)=CC2)c2ccccc21. The highest BCUT2D eigenvalue weighted by Gasteiger charge is 2.34. The molecule has 0 spiro atoms. The van der Waals surface area contributed by atoms with Gasteiger partial charge in [-0.25, -0.2) is 4.79 Å². The number of hydrogen-bond acceptors (Lipinski definition) is 6. The van der Waals surface area contributed by atoms with Crippen molar-refractivity contribution in [2.24, 2.45) is 5.92 Å². The van der Waals surface area contributed by atoms with E-state index in [0.717, 1.165) is 25.7 Å². The maximum atomic E-state index is 13.1. The number of benzene rings is 1. The fourth-order valence-corrected chi connectivity index (χ4v) is 6.09. The molecule has 3 atom stereocenters. The Labute approximate surface area is 255 Å². The molecule has 2 aliphatic carbocycles. The van der Waals surface area contributed by atoms with Gasteiger partial charge in [0.1, 0.15) is 0 Å². The van der Waals surface area contributed by atoms with Gasteiger partial charge in [0.05, 0.1) is 22.5 Å². The minimum absolute atomic E-state index is 0.0311. The summed E-state index contributed by atoms with van der Waals surface area (Å²) in [5, 5.41) is 23.0.